The number of piperidine rings is 1. The third-order valence-corrected chi connectivity index (χ3v) is 5.38. The van der Waals surface area contributed by atoms with E-state index in [1.54, 1.807) is 23.9 Å². The summed E-state index contributed by atoms with van der Waals surface area (Å²) in [5.74, 6) is -0.262. The van der Waals surface area contributed by atoms with Crippen LogP contribution in [0.5, 0.6) is 0 Å². The highest BCUT2D eigenvalue weighted by Gasteiger charge is 2.19. The van der Waals surface area contributed by atoms with Crippen molar-refractivity contribution < 1.29 is 14.3 Å². The first-order valence-corrected chi connectivity index (χ1v) is 9.76. The Morgan fingerprint density at radius 1 is 1.36 bits per heavy atom. The summed E-state index contributed by atoms with van der Waals surface area (Å²) in [6, 6.07) is 8.25. The lowest BCUT2D eigenvalue weighted by Gasteiger charge is -2.29. The number of aliphatic hydroxyl groups excluding tert-OH is 1. The Balaban J connectivity index is 1.42. The van der Waals surface area contributed by atoms with Gasteiger partial charge < -0.3 is 15.0 Å². The van der Waals surface area contributed by atoms with Gasteiger partial charge >= 0.3 is 0 Å². The normalized spacial score (nSPS) is 18.0. The minimum absolute atomic E-state index is 0.0153. The standard InChI is InChI=1S/C21H25FN4O2/c1-25-20(18-11-14-10-15(22)6-7-17(14)23-18)12-19(24-25)21(28)5-3-9-26-8-2-4-16(27)13-26/h6-7,10-12,16,23,27H,2-5,8-9,13H2,1H3/t16-/m0/s1. The van der Waals surface area contributed by atoms with Crippen molar-refractivity contribution in [2.45, 2.75) is 31.8 Å². The number of nitrogens with zero attached hydrogens (tertiary/aromatic N) is 3. The topological polar surface area (TPSA) is 74.2 Å². The zero-order valence-electron chi connectivity index (χ0n) is 16.0. The van der Waals surface area contributed by atoms with Gasteiger partial charge in [-0.1, -0.05) is 0 Å². The molecule has 7 heteroatoms. The van der Waals surface area contributed by atoms with Crippen molar-refractivity contribution in [3.05, 3.63) is 41.8 Å². The Hall–Kier alpha value is -2.51. The van der Waals surface area contributed by atoms with Gasteiger partial charge in [0.05, 0.1) is 17.5 Å². The molecule has 0 aliphatic carbocycles. The number of hydrogen-bond acceptors (Lipinski definition) is 4. The summed E-state index contributed by atoms with van der Waals surface area (Å²) in [6.07, 6.45) is 2.82. The second-order valence-corrected chi connectivity index (χ2v) is 7.58. The van der Waals surface area contributed by atoms with Gasteiger partial charge in [0.25, 0.3) is 0 Å². The SMILES string of the molecule is Cn1nc(C(=O)CCCN2CCC[C@H](O)C2)cc1-c1cc2cc(F)ccc2[nH]1. The highest BCUT2D eigenvalue weighted by atomic mass is 19.1. The van der Waals surface area contributed by atoms with E-state index in [2.05, 4.69) is 15.0 Å². The maximum absolute atomic E-state index is 13.4. The number of halogens is 1. The molecule has 0 amide bonds. The van der Waals surface area contributed by atoms with Crippen molar-refractivity contribution in [3.63, 3.8) is 0 Å². The largest absolute Gasteiger partial charge is 0.392 e. The minimum atomic E-state index is -0.278. The number of benzene rings is 1. The monoisotopic (exact) mass is 384 g/mol. The number of β-amino-alcohol motifs (C(OH)–C–C–N with tert-alkyl or cyclic N) is 1. The quantitative estimate of drug-likeness (QED) is 0.641. The molecule has 28 heavy (non-hydrogen) atoms. The number of Topliss-reactive ketones (excluding diaryl/α,β-unsaturated/α-hetero) is 1. The molecule has 0 radical (unpaired) electrons. The lowest BCUT2D eigenvalue weighted by Crippen LogP contribution is -2.38. The highest BCUT2D eigenvalue weighted by Crippen LogP contribution is 2.25. The fourth-order valence-electron chi connectivity index (χ4n) is 3.92. The second-order valence-electron chi connectivity index (χ2n) is 7.58. The van der Waals surface area contributed by atoms with Gasteiger partial charge in [0.1, 0.15) is 11.5 Å². The molecule has 0 saturated carbocycles. The number of H-pyrrole nitrogens is 1. The van der Waals surface area contributed by atoms with Gasteiger partial charge in [-0.05, 0) is 62.7 Å². The molecule has 0 unspecified atom stereocenters. The smallest absolute Gasteiger partial charge is 0.183 e. The number of nitrogens with one attached hydrogen (secondary N) is 1. The number of carbonyl (C=O) groups excluding carboxylic acids is 1. The van der Waals surface area contributed by atoms with Crippen LogP contribution in [0, 0.1) is 5.82 Å². The number of ketones is 1. The summed E-state index contributed by atoms with van der Waals surface area (Å²) in [4.78, 5) is 18.0. The predicted octanol–water partition coefficient (Wildman–Crippen LogP) is 3.13. The van der Waals surface area contributed by atoms with Gasteiger partial charge in [-0.15, -0.1) is 0 Å². The van der Waals surface area contributed by atoms with Crippen LogP contribution in [0.2, 0.25) is 0 Å². The third-order valence-electron chi connectivity index (χ3n) is 5.38. The molecule has 1 aliphatic rings. The van der Waals surface area contributed by atoms with Crippen molar-refractivity contribution in [2.75, 3.05) is 19.6 Å². The van der Waals surface area contributed by atoms with Crippen LogP contribution in [0.3, 0.4) is 0 Å². The molecule has 3 aromatic rings. The third kappa shape index (κ3) is 4.00. The molecule has 1 atom stereocenters. The number of rotatable bonds is 6. The van der Waals surface area contributed by atoms with Gasteiger partial charge in [-0.25, -0.2) is 4.39 Å². The number of fused-ring (bicyclic) bond motifs is 1. The molecule has 2 N–H and O–H groups in total. The van der Waals surface area contributed by atoms with Crippen molar-refractivity contribution in [2.24, 2.45) is 7.05 Å². The van der Waals surface area contributed by atoms with Crippen molar-refractivity contribution in [1.82, 2.24) is 19.7 Å². The summed E-state index contributed by atoms with van der Waals surface area (Å²) >= 11 is 0. The average molecular weight is 384 g/mol. The molecular formula is C21H25FN4O2. The maximum Gasteiger partial charge on any atom is 0.183 e. The molecule has 0 bridgehead atoms. The Morgan fingerprint density at radius 2 is 2.21 bits per heavy atom. The maximum atomic E-state index is 13.4. The summed E-state index contributed by atoms with van der Waals surface area (Å²) < 4.78 is 15.1. The first kappa shape index (κ1) is 18.8. The summed E-state index contributed by atoms with van der Waals surface area (Å²) in [5.41, 5.74) is 2.88. The number of aryl methyl sites for hydroxylation is 1. The van der Waals surface area contributed by atoms with E-state index in [4.69, 9.17) is 0 Å². The van der Waals surface area contributed by atoms with Gasteiger partial charge in [-0.2, -0.15) is 5.10 Å². The van der Waals surface area contributed by atoms with E-state index in [-0.39, 0.29) is 17.7 Å². The van der Waals surface area contributed by atoms with Gasteiger partial charge in [0.2, 0.25) is 0 Å². The van der Waals surface area contributed by atoms with Crippen molar-refractivity contribution in [3.8, 4) is 11.4 Å². The van der Waals surface area contributed by atoms with Crippen LogP contribution in [0.1, 0.15) is 36.2 Å². The summed E-state index contributed by atoms with van der Waals surface area (Å²) in [5, 5.41) is 14.9. The van der Waals surface area contributed by atoms with E-state index in [1.165, 1.54) is 12.1 Å². The lowest BCUT2D eigenvalue weighted by atomic mass is 10.1. The van der Waals surface area contributed by atoms with Crippen LogP contribution in [0.4, 0.5) is 4.39 Å². The molecule has 4 rings (SSSR count). The molecule has 6 nitrogen and oxygen atoms in total. The molecule has 148 valence electrons. The van der Waals surface area contributed by atoms with Crippen LogP contribution in [-0.2, 0) is 7.05 Å². The number of hydrogen-bond donors (Lipinski definition) is 2. The fourth-order valence-corrected chi connectivity index (χ4v) is 3.92. The minimum Gasteiger partial charge on any atom is -0.392 e. The van der Waals surface area contributed by atoms with Crippen molar-refractivity contribution >= 4 is 16.7 Å². The zero-order chi connectivity index (χ0) is 19.7. The Kier molecular flexibility index (Phi) is 5.28. The number of aliphatic hydroxyl groups is 1. The average Bonchev–Trinajstić information content (AvgIpc) is 3.24. The molecule has 1 saturated heterocycles. The van der Waals surface area contributed by atoms with E-state index in [1.807, 2.05) is 6.07 Å². The number of aromatic nitrogens is 3. The van der Waals surface area contributed by atoms with Crippen LogP contribution in [0.15, 0.2) is 30.3 Å². The van der Waals surface area contributed by atoms with E-state index in [0.717, 1.165) is 54.6 Å². The molecule has 0 spiro atoms. The van der Waals surface area contributed by atoms with Crippen LogP contribution >= 0.6 is 0 Å². The summed E-state index contributed by atoms with van der Waals surface area (Å²) in [6.45, 7) is 2.50. The lowest BCUT2D eigenvalue weighted by molar-refractivity contribution is 0.0691. The van der Waals surface area contributed by atoms with E-state index < -0.39 is 0 Å². The molecule has 2 aromatic heterocycles. The van der Waals surface area contributed by atoms with Gasteiger partial charge in [0, 0.05) is 30.9 Å². The Bertz CT molecular complexity index is 994. The van der Waals surface area contributed by atoms with E-state index in [9.17, 15) is 14.3 Å². The number of aromatic amines is 1. The van der Waals surface area contributed by atoms with Crippen molar-refractivity contribution in [1.29, 1.82) is 0 Å². The van der Waals surface area contributed by atoms with Gasteiger partial charge in [-0.3, -0.25) is 9.48 Å². The second kappa shape index (κ2) is 7.85. The molecule has 1 aromatic carbocycles. The fraction of sp³-hybridized carbons (Fsp3) is 0.429. The first-order valence-electron chi connectivity index (χ1n) is 9.76. The number of likely N-dealkylation sites (tertiary alicyclic amines) is 1. The first-order chi connectivity index (χ1) is 13.5. The molecule has 3 heterocycles. The summed E-state index contributed by atoms with van der Waals surface area (Å²) in [7, 11) is 1.80. The Morgan fingerprint density at radius 3 is 3.04 bits per heavy atom. The number of carbonyl (C=O) groups is 1. The van der Waals surface area contributed by atoms with Crippen LogP contribution in [-0.4, -0.2) is 56.3 Å². The predicted molar refractivity (Wildman–Crippen MR) is 106 cm³/mol. The van der Waals surface area contributed by atoms with E-state index in [0.29, 0.717) is 18.7 Å². The molecule has 1 aliphatic heterocycles. The van der Waals surface area contributed by atoms with Gasteiger partial charge in [0.15, 0.2) is 5.78 Å². The highest BCUT2D eigenvalue weighted by molar-refractivity contribution is 5.95. The molecule has 1 fully saturated rings. The van der Waals surface area contributed by atoms with Crippen LogP contribution < -0.4 is 0 Å². The zero-order valence-corrected chi connectivity index (χ0v) is 16.0. The van der Waals surface area contributed by atoms with Crippen LogP contribution in [0.25, 0.3) is 22.3 Å². The Labute approximate surface area is 163 Å². The molecular weight excluding hydrogens is 359 g/mol. The van der Waals surface area contributed by atoms with E-state index >= 15 is 0 Å².